The molecule has 2 heterocycles. The molecule has 5 rings (SSSR count). The minimum Gasteiger partial charge on any atom is -0.497 e. The van der Waals surface area contributed by atoms with Gasteiger partial charge in [0.25, 0.3) is 0 Å². The number of methoxy groups -OCH3 is 2. The lowest BCUT2D eigenvalue weighted by Crippen LogP contribution is -2.36. The van der Waals surface area contributed by atoms with Crippen molar-refractivity contribution in [1.82, 2.24) is 24.9 Å². The Morgan fingerprint density at radius 3 is 2.27 bits per heavy atom. The van der Waals surface area contributed by atoms with Gasteiger partial charge in [-0.15, -0.1) is 5.10 Å². The van der Waals surface area contributed by atoms with Gasteiger partial charge in [0.1, 0.15) is 17.8 Å². The molecule has 4 aromatic rings. The molecule has 33 heavy (non-hydrogen) atoms. The first-order valence-electron chi connectivity index (χ1n) is 10.8. The van der Waals surface area contributed by atoms with Crippen molar-refractivity contribution in [2.75, 3.05) is 14.2 Å². The minimum atomic E-state index is -0.483. The van der Waals surface area contributed by atoms with E-state index in [1.807, 2.05) is 61.5 Å². The van der Waals surface area contributed by atoms with Crippen molar-refractivity contribution >= 4 is 11.6 Å². The van der Waals surface area contributed by atoms with Crippen molar-refractivity contribution in [3.05, 3.63) is 72.3 Å². The van der Waals surface area contributed by atoms with Gasteiger partial charge >= 0.3 is 0 Å². The lowest BCUT2D eigenvalue weighted by atomic mass is 9.94. The van der Waals surface area contributed by atoms with Crippen molar-refractivity contribution in [3.63, 3.8) is 0 Å². The molecule has 0 spiro atoms. The molecule has 0 aliphatic heterocycles. The number of fused-ring (bicyclic) bond motifs is 1. The molecule has 0 bridgehead atoms. The molecule has 0 radical (unpaired) electrons. The molecule has 1 atom stereocenters. The van der Waals surface area contributed by atoms with E-state index in [0.717, 1.165) is 41.2 Å². The van der Waals surface area contributed by atoms with Crippen molar-refractivity contribution in [2.45, 2.75) is 31.2 Å². The Hall–Kier alpha value is -3.94. The van der Waals surface area contributed by atoms with E-state index in [1.165, 1.54) is 0 Å². The van der Waals surface area contributed by atoms with Gasteiger partial charge in [-0.1, -0.05) is 12.1 Å². The van der Waals surface area contributed by atoms with Gasteiger partial charge in [-0.05, 0) is 61.7 Å². The first-order chi connectivity index (χ1) is 16.0. The predicted octanol–water partition coefficient (Wildman–Crippen LogP) is 3.72. The second-order valence-electron chi connectivity index (χ2n) is 8.28. The molecule has 1 aliphatic rings. The van der Waals surface area contributed by atoms with Gasteiger partial charge in [0, 0.05) is 11.6 Å². The van der Waals surface area contributed by atoms with Gasteiger partial charge in [-0.3, -0.25) is 4.79 Å². The molecular weight excluding hydrogens is 418 g/mol. The fourth-order valence-electron chi connectivity index (χ4n) is 4.00. The van der Waals surface area contributed by atoms with Crippen LogP contribution in [0.1, 0.15) is 37.2 Å². The number of hydrogen-bond acceptors (Lipinski definition) is 6. The van der Waals surface area contributed by atoms with E-state index in [0.29, 0.717) is 11.5 Å². The van der Waals surface area contributed by atoms with Gasteiger partial charge in [0.05, 0.1) is 31.4 Å². The fraction of sp³-hybridized carbons (Fsp3) is 0.280. The Labute approximate surface area is 191 Å². The van der Waals surface area contributed by atoms with E-state index in [9.17, 15) is 4.79 Å². The molecule has 1 aliphatic carbocycles. The quantitative estimate of drug-likeness (QED) is 0.468. The molecule has 8 nitrogen and oxygen atoms in total. The van der Waals surface area contributed by atoms with Crippen LogP contribution in [0.5, 0.6) is 11.5 Å². The fourth-order valence-corrected chi connectivity index (χ4v) is 4.00. The normalized spacial score (nSPS) is 15.1. The Morgan fingerprint density at radius 1 is 1.03 bits per heavy atom. The van der Waals surface area contributed by atoms with E-state index in [4.69, 9.17) is 9.47 Å². The van der Waals surface area contributed by atoms with Crippen LogP contribution < -0.4 is 14.8 Å². The second kappa shape index (κ2) is 8.20. The van der Waals surface area contributed by atoms with Crippen molar-refractivity contribution < 1.29 is 14.3 Å². The maximum absolute atomic E-state index is 13.1. The Kier molecular flexibility index (Phi) is 5.20. The predicted molar refractivity (Wildman–Crippen MR) is 123 cm³/mol. The van der Waals surface area contributed by atoms with Gasteiger partial charge in [-0.25, -0.2) is 14.5 Å². The first kappa shape index (κ1) is 20.9. The van der Waals surface area contributed by atoms with E-state index >= 15 is 0 Å². The third kappa shape index (κ3) is 3.88. The Balaban J connectivity index is 1.33. The highest BCUT2D eigenvalue weighted by atomic mass is 16.5. The van der Waals surface area contributed by atoms with Gasteiger partial charge in [0.15, 0.2) is 11.5 Å². The number of nitrogens with zero attached hydrogens (tertiary/aromatic N) is 4. The van der Waals surface area contributed by atoms with E-state index in [2.05, 4.69) is 20.4 Å². The number of hydrogen-bond donors (Lipinski definition) is 1. The van der Waals surface area contributed by atoms with Crippen LogP contribution in [0, 0.1) is 0 Å². The number of rotatable bonds is 7. The first-order valence-corrected chi connectivity index (χ1v) is 10.8. The Bertz CT molecular complexity index is 1290. The van der Waals surface area contributed by atoms with E-state index in [-0.39, 0.29) is 11.9 Å². The molecule has 1 amide bonds. The van der Waals surface area contributed by atoms with Crippen LogP contribution in [0.2, 0.25) is 0 Å². The van der Waals surface area contributed by atoms with E-state index < -0.39 is 5.41 Å². The molecule has 8 heteroatoms. The third-order valence-electron chi connectivity index (χ3n) is 6.19. The summed E-state index contributed by atoms with van der Waals surface area (Å²) < 4.78 is 12.1. The summed E-state index contributed by atoms with van der Waals surface area (Å²) in [5, 5.41) is 7.62. The summed E-state index contributed by atoms with van der Waals surface area (Å²) in [6.07, 6.45) is 3.29. The number of carbonyl (C=O) groups excluding carboxylic acids is 1. The molecule has 0 saturated heterocycles. The van der Waals surface area contributed by atoms with Crippen LogP contribution in [0.15, 0.2) is 60.9 Å². The zero-order valence-electron chi connectivity index (χ0n) is 18.8. The molecule has 1 N–H and O–H groups in total. The summed E-state index contributed by atoms with van der Waals surface area (Å²) in [6.45, 7) is 1.90. The van der Waals surface area contributed by atoms with Crippen LogP contribution in [-0.4, -0.2) is 39.7 Å². The maximum Gasteiger partial charge on any atom is 0.231 e. The van der Waals surface area contributed by atoms with E-state index in [1.54, 1.807) is 25.1 Å². The zero-order valence-corrected chi connectivity index (χ0v) is 18.8. The topological polar surface area (TPSA) is 90.6 Å². The standard InChI is InChI=1S/C25H25N5O3/c1-16(27-24(31)25(12-13-25)18-6-10-20(33-3)11-7-18)23-28-22-14-21(26-15-30(22)29-23)17-4-8-19(32-2)9-5-17/h4-11,14-16H,12-13H2,1-3H3,(H,27,31)/t16-/m0/s1. The average molecular weight is 444 g/mol. The van der Waals surface area contributed by atoms with Gasteiger partial charge in [-0.2, -0.15) is 0 Å². The molecule has 2 aromatic heterocycles. The van der Waals surface area contributed by atoms with Crippen molar-refractivity contribution in [1.29, 1.82) is 0 Å². The van der Waals surface area contributed by atoms with Gasteiger partial charge in [0.2, 0.25) is 5.91 Å². The number of benzene rings is 2. The highest BCUT2D eigenvalue weighted by Crippen LogP contribution is 2.49. The number of amides is 1. The summed E-state index contributed by atoms with van der Waals surface area (Å²) in [4.78, 5) is 22.3. The molecular formula is C25H25N5O3. The zero-order chi connectivity index (χ0) is 23.0. The lowest BCUT2D eigenvalue weighted by Gasteiger charge is -2.18. The lowest BCUT2D eigenvalue weighted by molar-refractivity contribution is -0.124. The number of nitrogens with one attached hydrogen (secondary N) is 1. The molecule has 0 unspecified atom stereocenters. The summed E-state index contributed by atoms with van der Waals surface area (Å²) in [6, 6.07) is 16.9. The van der Waals surface area contributed by atoms with Crippen LogP contribution in [0.4, 0.5) is 0 Å². The molecule has 1 fully saturated rings. The summed E-state index contributed by atoms with van der Waals surface area (Å²) in [5.41, 5.74) is 2.94. The second-order valence-corrected chi connectivity index (χ2v) is 8.28. The number of ether oxygens (including phenoxy) is 2. The minimum absolute atomic E-state index is 0.00364. The summed E-state index contributed by atoms with van der Waals surface area (Å²) in [5.74, 6) is 2.11. The van der Waals surface area contributed by atoms with Crippen molar-refractivity contribution in [2.24, 2.45) is 0 Å². The molecule has 2 aromatic carbocycles. The largest absolute Gasteiger partial charge is 0.497 e. The highest BCUT2D eigenvalue weighted by molar-refractivity contribution is 5.91. The molecule has 1 saturated carbocycles. The number of carbonyl (C=O) groups is 1. The van der Waals surface area contributed by atoms with Crippen LogP contribution in [-0.2, 0) is 10.2 Å². The van der Waals surface area contributed by atoms with Gasteiger partial charge < -0.3 is 14.8 Å². The summed E-state index contributed by atoms with van der Waals surface area (Å²) in [7, 11) is 3.27. The van der Waals surface area contributed by atoms with Crippen molar-refractivity contribution in [3.8, 4) is 22.8 Å². The SMILES string of the molecule is COc1ccc(-c2cc3nc([C@H](C)NC(=O)C4(c5ccc(OC)cc5)CC4)nn3cn2)cc1. The summed E-state index contributed by atoms with van der Waals surface area (Å²) >= 11 is 0. The monoisotopic (exact) mass is 443 g/mol. The maximum atomic E-state index is 13.1. The molecule has 168 valence electrons. The van der Waals surface area contributed by atoms with Crippen LogP contribution in [0.25, 0.3) is 16.9 Å². The highest BCUT2D eigenvalue weighted by Gasteiger charge is 2.51. The Morgan fingerprint density at radius 2 is 1.67 bits per heavy atom. The van der Waals surface area contributed by atoms with Crippen LogP contribution >= 0.6 is 0 Å². The smallest absolute Gasteiger partial charge is 0.231 e. The average Bonchev–Trinajstić information content (AvgIpc) is 3.56. The van der Waals surface area contributed by atoms with Crippen LogP contribution in [0.3, 0.4) is 0 Å². The third-order valence-corrected chi connectivity index (χ3v) is 6.19. The number of aromatic nitrogens is 4.